The molecule has 0 amide bonds. The van der Waals surface area contributed by atoms with Crippen molar-refractivity contribution in [2.24, 2.45) is 7.05 Å². The topological polar surface area (TPSA) is 103 Å². The fourth-order valence-corrected chi connectivity index (χ4v) is 3.08. The highest BCUT2D eigenvalue weighted by atomic mass is 32.2. The van der Waals surface area contributed by atoms with E-state index >= 15 is 0 Å². The van der Waals surface area contributed by atoms with E-state index in [4.69, 9.17) is 5.73 Å². The number of nitrogens with one attached hydrogen (secondary N) is 1. The first-order valence-electron chi connectivity index (χ1n) is 5.29. The lowest BCUT2D eigenvalue weighted by molar-refractivity contribution is 0.588. The number of nitrogen functional groups attached to an aromatic ring is 1. The van der Waals surface area contributed by atoms with Crippen molar-refractivity contribution < 1.29 is 8.42 Å². The van der Waals surface area contributed by atoms with E-state index in [9.17, 15) is 8.42 Å². The number of aryl methyl sites for hydroxylation is 1. The minimum Gasteiger partial charge on any atom is -0.398 e. The number of sulfonamides is 1. The van der Waals surface area contributed by atoms with Crippen LogP contribution in [-0.4, -0.2) is 30.2 Å². The average Bonchev–Trinajstić information content (AvgIpc) is 2.75. The van der Waals surface area contributed by atoms with Crippen LogP contribution in [0.4, 0.5) is 5.69 Å². The number of anilines is 1. The van der Waals surface area contributed by atoms with E-state index in [0.717, 1.165) is 4.90 Å². The zero-order chi connectivity index (χ0) is 14.0. The number of rotatable bonds is 4. The molecule has 1 aromatic carbocycles. The molecular weight excluding hydrogens is 286 g/mol. The average molecular weight is 299 g/mol. The molecule has 0 bridgehead atoms. The van der Waals surface area contributed by atoms with Gasteiger partial charge < -0.3 is 5.73 Å². The van der Waals surface area contributed by atoms with E-state index in [2.05, 4.69) is 14.8 Å². The van der Waals surface area contributed by atoms with Gasteiger partial charge in [0, 0.05) is 11.9 Å². The van der Waals surface area contributed by atoms with Crippen LogP contribution >= 0.6 is 11.8 Å². The summed E-state index contributed by atoms with van der Waals surface area (Å²) >= 11 is 1.36. The quantitative estimate of drug-likeness (QED) is 0.795. The highest BCUT2D eigenvalue weighted by Crippen LogP contribution is 2.29. The van der Waals surface area contributed by atoms with Crippen LogP contribution in [0.15, 0.2) is 39.5 Å². The second-order valence-electron chi connectivity index (χ2n) is 3.68. The molecule has 0 radical (unpaired) electrons. The summed E-state index contributed by atoms with van der Waals surface area (Å²) in [5.74, 6) is 0. The van der Waals surface area contributed by atoms with Crippen molar-refractivity contribution in [3.63, 3.8) is 0 Å². The summed E-state index contributed by atoms with van der Waals surface area (Å²) in [5.41, 5.74) is 5.97. The van der Waals surface area contributed by atoms with Gasteiger partial charge in [0.1, 0.15) is 11.2 Å². The summed E-state index contributed by atoms with van der Waals surface area (Å²) in [6.45, 7) is 0. The van der Waals surface area contributed by atoms with Crippen LogP contribution < -0.4 is 10.5 Å². The lowest BCUT2D eigenvalue weighted by Crippen LogP contribution is -2.19. The summed E-state index contributed by atoms with van der Waals surface area (Å²) in [5, 5.41) is 4.65. The maximum absolute atomic E-state index is 11.7. The number of benzene rings is 1. The second kappa shape index (κ2) is 5.19. The van der Waals surface area contributed by atoms with E-state index in [0.29, 0.717) is 5.16 Å². The molecule has 0 atom stereocenters. The largest absolute Gasteiger partial charge is 0.398 e. The van der Waals surface area contributed by atoms with Crippen LogP contribution in [0.5, 0.6) is 0 Å². The fourth-order valence-electron chi connectivity index (χ4n) is 1.43. The molecule has 9 heteroatoms. The Kier molecular flexibility index (Phi) is 3.78. The maximum atomic E-state index is 11.7. The Balaban J connectivity index is 2.32. The molecule has 0 saturated carbocycles. The van der Waals surface area contributed by atoms with Crippen molar-refractivity contribution in [1.29, 1.82) is 0 Å². The van der Waals surface area contributed by atoms with Gasteiger partial charge in [-0.2, -0.15) is 5.10 Å². The number of aromatic nitrogens is 3. The first-order chi connectivity index (χ1) is 8.94. The fraction of sp³-hybridized carbons (Fsp3) is 0.200. The molecule has 3 N–H and O–H groups in total. The van der Waals surface area contributed by atoms with Gasteiger partial charge in [-0.05, 0) is 25.2 Å². The molecule has 7 nitrogen and oxygen atoms in total. The van der Waals surface area contributed by atoms with Gasteiger partial charge >= 0.3 is 0 Å². The van der Waals surface area contributed by atoms with Gasteiger partial charge in [-0.3, -0.25) is 0 Å². The zero-order valence-electron chi connectivity index (χ0n) is 10.4. The van der Waals surface area contributed by atoms with Crippen molar-refractivity contribution in [3.8, 4) is 0 Å². The molecule has 102 valence electrons. The molecule has 0 fully saturated rings. The van der Waals surface area contributed by atoms with Crippen molar-refractivity contribution >= 4 is 27.5 Å². The van der Waals surface area contributed by atoms with Gasteiger partial charge in [-0.15, -0.1) is 0 Å². The van der Waals surface area contributed by atoms with Crippen LogP contribution in [0.3, 0.4) is 0 Å². The third kappa shape index (κ3) is 2.88. The number of hydrogen-bond acceptors (Lipinski definition) is 6. The van der Waals surface area contributed by atoms with E-state index in [1.54, 1.807) is 23.9 Å². The van der Waals surface area contributed by atoms with E-state index in [1.807, 2.05) is 0 Å². The Bertz CT molecular complexity index is 696. The Morgan fingerprint density at radius 1 is 1.42 bits per heavy atom. The number of nitrogens with two attached hydrogens (primary N) is 1. The highest BCUT2D eigenvalue weighted by Gasteiger charge is 2.16. The zero-order valence-corrected chi connectivity index (χ0v) is 12.0. The van der Waals surface area contributed by atoms with Crippen molar-refractivity contribution in [1.82, 2.24) is 19.5 Å². The number of hydrogen-bond donors (Lipinski definition) is 2. The van der Waals surface area contributed by atoms with Crippen molar-refractivity contribution in [2.75, 3.05) is 12.8 Å². The SMILES string of the molecule is CNS(=O)(=O)c1ccc(Sc2ncnn2C)cc1N. The summed E-state index contributed by atoms with van der Waals surface area (Å²) in [4.78, 5) is 4.93. The maximum Gasteiger partial charge on any atom is 0.242 e. The Labute approximate surface area is 115 Å². The monoisotopic (exact) mass is 299 g/mol. The molecule has 2 rings (SSSR count). The van der Waals surface area contributed by atoms with Crippen LogP contribution in [-0.2, 0) is 17.1 Å². The van der Waals surface area contributed by atoms with Crippen LogP contribution in [0, 0.1) is 0 Å². The smallest absolute Gasteiger partial charge is 0.242 e. The van der Waals surface area contributed by atoms with E-state index in [1.165, 1.54) is 31.2 Å². The predicted molar refractivity (Wildman–Crippen MR) is 72.2 cm³/mol. The van der Waals surface area contributed by atoms with Gasteiger partial charge in [-0.1, -0.05) is 11.8 Å². The Hall–Kier alpha value is -1.58. The van der Waals surface area contributed by atoms with E-state index in [-0.39, 0.29) is 10.6 Å². The summed E-state index contributed by atoms with van der Waals surface area (Å²) in [6.07, 6.45) is 1.45. The third-order valence-electron chi connectivity index (χ3n) is 2.42. The lowest BCUT2D eigenvalue weighted by atomic mass is 10.3. The summed E-state index contributed by atoms with van der Waals surface area (Å²) < 4.78 is 27.2. The molecule has 1 aromatic heterocycles. The Morgan fingerprint density at radius 3 is 2.68 bits per heavy atom. The molecule has 19 heavy (non-hydrogen) atoms. The molecule has 2 aromatic rings. The third-order valence-corrected chi connectivity index (χ3v) is 4.95. The van der Waals surface area contributed by atoms with Crippen molar-refractivity contribution in [2.45, 2.75) is 14.9 Å². The molecule has 0 aliphatic rings. The van der Waals surface area contributed by atoms with Gasteiger partial charge in [0.15, 0.2) is 5.16 Å². The number of nitrogens with zero attached hydrogens (tertiary/aromatic N) is 3. The summed E-state index contributed by atoms with van der Waals surface area (Å²) in [7, 11) is -0.413. The predicted octanol–water partition coefficient (Wildman–Crippen LogP) is 0.457. The second-order valence-corrected chi connectivity index (χ2v) is 6.57. The van der Waals surface area contributed by atoms with E-state index < -0.39 is 10.0 Å². The molecule has 0 unspecified atom stereocenters. The first kappa shape index (κ1) is 13.8. The van der Waals surface area contributed by atoms with Gasteiger partial charge in [0.05, 0.1) is 5.69 Å². The normalized spacial score (nSPS) is 11.7. The first-order valence-corrected chi connectivity index (χ1v) is 7.59. The lowest BCUT2D eigenvalue weighted by Gasteiger charge is -2.08. The van der Waals surface area contributed by atoms with Gasteiger partial charge in [0.25, 0.3) is 0 Å². The van der Waals surface area contributed by atoms with Crippen molar-refractivity contribution in [3.05, 3.63) is 24.5 Å². The van der Waals surface area contributed by atoms with Gasteiger partial charge in [0.2, 0.25) is 10.0 Å². The molecule has 1 heterocycles. The highest BCUT2D eigenvalue weighted by molar-refractivity contribution is 7.99. The standard InChI is InChI=1S/C10H13N5O2S2/c1-12-19(16,17)9-4-3-7(5-8(9)11)18-10-13-6-14-15(10)2/h3-6,12H,11H2,1-2H3. The van der Waals surface area contributed by atoms with Gasteiger partial charge in [-0.25, -0.2) is 22.8 Å². The molecule has 0 saturated heterocycles. The van der Waals surface area contributed by atoms with Crippen LogP contribution in [0.2, 0.25) is 0 Å². The minimum absolute atomic E-state index is 0.0670. The molecular formula is C10H13N5O2S2. The molecule has 0 spiro atoms. The minimum atomic E-state index is -3.53. The van der Waals surface area contributed by atoms with Crippen LogP contribution in [0.25, 0.3) is 0 Å². The summed E-state index contributed by atoms with van der Waals surface area (Å²) in [6, 6.07) is 4.75. The Morgan fingerprint density at radius 2 is 2.16 bits per heavy atom. The van der Waals surface area contributed by atoms with Crippen LogP contribution in [0.1, 0.15) is 0 Å². The molecule has 0 aliphatic carbocycles. The molecule has 0 aliphatic heterocycles.